The van der Waals surface area contributed by atoms with Crippen LogP contribution in [-0.2, 0) is 15.6 Å². The van der Waals surface area contributed by atoms with Crippen LogP contribution in [0.25, 0.3) is 0 Å². The molecule has 1 spiro atoms. The Morgan fingerprint density at radius 2 is 1.94 bits per heavy atom. The number of fused-ring (bicyclic) bond motifs is 1. The van der Waals surface area contributed by atoms with Gasteiger partial charge in [0, 0.05) is 52.8 Å². The second-order valence-electron chi connectivity index (χ2n) is 7.04. The number of halogens is 4. The summed E-state index contributed by atoms with van der Waals surface area (Å²) < 4.78 is 54.0. The molecule has 0 unspecified atom stereocenters. The van der Waals surface area contributed by atoms with Crippen molar-refractivity contribution < 1.29 is 36.8 Å². The molecule has 0 aromatic heterocycles. The summed E-state index contributed by atoms with van der Waals surface area (Å²) >= 11 is 12.3. The Balaban J connectivity index is 1.95. The lowest BCUT2D eigenvalue weighted by molar-refractivity contribution is -0.0899. The number of rotatable bonds is 8. The lowest BCUT2D eigenvalue weighted by atomic mass is 10.0. The predicted octanol–water partition coefficient (Wildman–Crippen LogP) is 4.61. The van der Waals surface area contributed by atoms with Crippen LogP contribution in [0.3, 0.4) is 0 Å². The Bertz CT molecular complexity index is 971. The largest absolute Gasteiger partial charge is 0.447 e. The van der Waals surface area contributed by atoms with Crippen molar-refractivity contribution in [1.29, 1.82) is 0 Å². The maximum atomic E-state index is 13.2. The molecule has 1 N–H and O–H groups in total. The Morgan fingerprint density at radius 1 is 1.28 bits per heavy atom. The SMILES string of the molecule is CON/C=C(Cl)\C(CC(=O)c1ccc(OC(F)F)c2c1OC1(CCS(=O)CC1)O2)=C(/C)Cl. The first-order chi connectivity index (χ1) is 15.2. The van der Waals surface area contributed by atoms with Crippen LogP contribution >= 0.6 is 23.2 Å². The van der Waals surface area contributed by atoms with E-state index >= 15 is 0 Å². The Labute approximate surface area is 196 Å². The van der Waals surface area contributed by atoms with Gasteiger partial charge < -0.3 is 14.2 Å². The standard InChI is InChI=1S/C20H21Cl2F2NO6S/c1-11(21)13(14(22)10-25-28-2)9-15(26)12-3-4-16(29-19(23)24)18-17(12)30-20(31-18)5-7-32(27)8-6-20/h3-4,10,19,25H,5-9H2,1-2H3/b13-11+,14-10+. The first-order valence-electron chi connectivity index (χ1n) is 9.53. The quantitative estimate of drug-likeness (QED) is 0.309. The molecule has 2 aliphatic heterocycles. The third kappa shape index (κ3) is 5.54. The fraction of sp³-hybridized carbons (Fsp3) is 0.450. The average molecular weight is 512 g/mol. The Morgan fingerprint density at radius 3 is 2.53 bits per heavy atom. The fourth-order valence-electron chi connectivity index (χ4n) is 3.34. The molecule has 0 bridgehead atoms. The van der Waals surface area contributed by atoms with Gasteiger partial charge in [0.2, 0.25) is 5.75 Å². The van der Waals surface area contributed by atoms with E-state index < -0.39 is 29.0 Å². The van der Waals surface area contributed by atoms with Crippen LogP contribution in [0.4, 0.5) is 8.78 Å². The van der Waals surface area contributed by atoms with E-state index in [0.717, 1.165) is 0 Å². The molecule has 3 rings (SSSR count). The number of allylic oxidation sites excluding steroid dienone is 3. The second-order valence-corrected chi connectivity index (χ2v) is 9.71. The van der Waals surface area contributed by atoms with Crippen molar-refractivity contribution in [3.05, 3.63) is 39.5 Å². The smallest absolute Gasteiger partial charge is 0.387 e. The molecular weight excluding hydrogens is 491 g/mol. The number of ether oxygens (including phenoxy) is 3. The minimum atomic E-state index is -3.09. The summed E-state index contributed by atoms with van der Waals surface area (Å²) in [6.45, 7) is -1.51. The summed E-state index contributed by atoms with van der Waals surface area (Å²) in [6.07, 6.45) is 1.69. The number of carbonyl (C=O) groups excluding carboxylic acids is 1. The zero-order valence-corrected chi connectivity index (χ0v) is 19.5. The highest BCUT2D eigenvalue weighted by Gasteiger charge is 2.47. The Kier molecular flexibility index (Phi) is 8.02. The molecule has 176 valence electrons. The van der Waals surface area contributed by atoms with Gasteiger partial charge in [0.15, 0.2) is 17.3 Å². The molecule has 0 amide bonds. The monoisotopic (exact) mass is 511 g/mol. The first kappa shape index (κ1) is 24.8. The number of nitrogens with one attached hydrogen (secondary N) is 1. The summed E-state index contributed by atoms with van der Waals surface area (Å²) in [5.74, 6) is -1.29. The number of carbonyl (C=O) groups is 1. The highest BCUT2D eigenvalue weighted by Crippen LogP contribution is 2.51. The van der Waals surface area contributed by atoms with E-state index in [1.807, 2.05) is 0 Å². The molecule has 0 aliphatic carbocycles. The molecule has 2 heterocycles. The highest BCUT2D eigenvalue weighted by molar-refractivity contribution is 7.85. The van der Waals surface area contributed by atoms with Crippen LogP contribution in [0.1, 0.15) is 36.5 Å². The number of ketones is 1. The van der Waals surface area contributed by atoms with E-state index in [1.54, 1.807) is 6.92 Å². The van der Waals surface area contributed by atoms with Crippen LogP contribution in [0.2, 0.25) is 0 Å². The van der Waals surface area contributed by atoms with Crippen molar-refractivity contribution in [2.75, 3.05) is 18.6 Å². The summed E-state index contributed by atoms with van der Waals surface area (Å²) in [4.78, 5) is 17.9. The van der Waals surface area contributed by atoms with Crippen molar-refractivity contribution in [3.63, 3.8) is 0 Å². The van der Waals surface area contributed by atoms with Gasteiger partial charge in [-0.15, -0.1) is 0 Å². The van der Waals surface area contributed by atoms with Gasteiger partial charge in [-0.3, -0.25) is 19.3 Å². The van der Waals surface area contributed by atoms with E-state index in [2.05, 4.69) is 10.2 Å². The number of hydrogen-bond acceptors (Lipinski definition) is 7. The third-order valence-electron chi connectivity index (χ3n) is 4.93. The van der Waals surface area contributed by atoms with Crippen molar-refractivity contribution in [1.82, 2.24) is 5.48 Å². The van der Waals surface area contributed by atoms with Crippen molar-refractivity contribution in [2.45, 2.75) is 38.6 Å². The minimum absolute atomic E-state index is 0.00234. The summed E-state index contributed by atoms with van der Waals surface area (Å²) in [5.41, 5.74) is 2.89. The molecule has 1 aromatic rings. The number of benzene rings is 1. The van der Waals surface area contributed by atoms with E-state index in [1.165, 1.54) is 25.4 Å². The van der Waals surface area contributed by atoms with Crippen LogP contribution in [0.5, 0.6) is 17.2 Å². The second kappa shape index (κ2) is 10.4. The number of Topliss-reactive ketones (excluding diaryl/α,β-unsaturated/α-hetero) is 1. The van der Waals surface area contributed by atoms with Crippen molar-refractivity contribution >= 4 is 39.8 Å². The van der Waals surface area contributed by atoms with Gasteiger partial charge >= 0.3 is 6.61 Å². The Hall–Kier alpha value is -1.88. The highest BCUT2D eigenvalue weighted by atomic mass is 35.5. The van der Waals surface area contributed by atoms with E-state index in [-0.39, 0.29) is 52.1 Å². The van der Waals surface area contributed by atoms with Gasteiger partial charge in [0.05, 0.1) is 17.7 Å². The fourth-order valence-corrected chi connectivity index (χ4v) is 5.09. The van der Waals surface area contributed by atoms with Gasteiger partial charge in [-0.05, 0) is 24.6 Å². The molecular formula is C20H21Cl2F2NO6S. The predicted molar refractivity (Wildman–Crippen MR) is 116 cm³/mol. The van der Waals surface area contributed by atoms with Crippen LogP contribution in [-0.4, -0.2) is 41.0 Å². The van der Waals surface area contributed by atoms with E-state index in [0.29, 0.717) is 17.1 Å². The topological polar surface area (TPSA) is 83.1 Å². The van der Waals surface area contributed by atoms with Gasteiger partial charge in [-0.1, -0.05) is 23.2 Å². The van der Waals surface area contributed by atoms with Crippen LogP contribution < -0.4 is 19.7 Å². The molecule has 1 saturated heterocycles. The minimum Gasteiger partial charge on any atom is -0.447 e. The number of hydrogen-bond donors (Lipinski definition) is 1. The molecule has 1 aromatic carbocycles. The zero-order valence-electron chi connectivity index (χ0n) is 17.2. The third-order valence-corrected chi connectivity index (χ3v) is 6.82. The molecule has 7 nitrogen and oxygen atoms in total. The van der Waals surface area contributed by atoms with Crippen molar-refractivity contribution in [3.8, 4) is 17.2 Å². The van der Waals surface area contributed by atoms with Gasteiger partial charge in [-0.25, -0.2) is 0 Å². The van der Waals surface area contributed by atoms with E-state index in [9.17, 15) is 17.8 Å². The van der Waals surface area contributed by atoms with Gasteiger partial charge in [-0.2, -0.15) is 8.78 Å². The molecule has 12 heteroatoms. The van der Waals surface area contributed by atoms with Crippen LogP contribution in [0.15, 0.2) is 34.0 Å². The van der Waals surface area contributed by atoms with Gasteiger partial charge in [0.25, 0.3) is 5.79 Å². The molecule has 0 atom stereocenters. The molecule has 2 aliphatic rings. The molecule has 32 heavy (non-hydrogen) atoms. The lowest BCUT2D eigenvalue weighted by Gasteiger charge is -2.30. The molecule has 1 fully saturated rings. The molecule has 0 saturated carbocycles. The van der Waals surface area contributed by atoms with Crippen LogP contribution in [0, 0.1) is 0 Å². The zero-order chi connectivity index (χ0) is 23.5. The number of hydroxylamine groups is 1. The molecule has 0 radical (unpaired) electrons. The van der Waals surface area contributed by atoms with E-state index in [4.69, 9.17) is 37.5 Å². The first-order valence-corrected chi connectivity index (χ1v) is 11.8. The maximum absolute atomic E-state index is 13.2. The van der Waals surface area contributed by atoms with Crippen molar-refractivity contribution in [2.24, 2.45) is 0 Å². The summed E-state index contributed by atoms with van der Waals surface area (Å²) in [6, 6.07) is 2.55. The maximum Gasteiger partial charge on any atom is 0.387 e. The lowest BCUT2D eigenvalue weighted by Crippen LogP contribution is -2.44. The number of alkyl halides is 2. The summed E-state index contributed by atoms with van der Waals surface area (Å²) in [7, 11) is 0.378. The average Bonchev–Trinajstić information content (AvgIpc) is 3.11. The van der Waals surface area contributed by atoms with Gasteiger partial charge in [0.1, 0.15) is 0 Å². The summed E-state index contributed by atoms with van der Waals surface area (Å²) in [5, 5.41) is 0.445. The normalized spacial score (nSPS) is 23.3.